The first-order valence-corrected chi connectivity index (χ1v) is 15.6. The predicted molar refractivity (Wildman–Crippen MR) is 169 cm³/mol. The van der Waals surface area contributed by atoms with E-state index in [4.69, 9.17) is 24.4 Å². The van der Waals surface area contributed by atoms with Crippen LogP contribution in [0.2, 0.25) is 0 Å². The average Bonchev–Trinajstić information content (AvgIpc) is 3.50. The molecule has 210 valence electrons. The number of nitrogens with zero attached hydrogens (tertiary/aromatic N) is 4. The summed E-state index contributed by atoms with van der Waals surface area (Å²) in [7, 11) is 0. The Kier molecular flexibility index (Phi) is 5.62. The maximum Gasteiger partial charge on any atom is 0.201 e. The van der Waals surface area contributed by atoms with Gasteiger partial charge in [0.1, 0.15) is 5.52 Å². The average molecular weight is 561 g/mol. The molecule has 5 heteroatoms. The molecule has 5 nitrogen and oxygen atoms in total. The molecule has 6 aromatic rings. The van der Waals surface area contributed by atoms with Crippen LogP contribution < -0.4 is 0 Å². The maximum absolute atomic E-state index is 6.58. The summed E-state index contributed by atoms with van der Waals surface area (Å²) in [6.45, 7) is 0. The molecular formula is C38H32N4O. The molecule has 4 aromatic carbocycles. The molecule has 0 saturated heterocycles. The van der Waals surface area contributed by atoms with Crippen molar-refractivity contribution in [1.29, 1.82) is 0 Å². The summed E-state index contributed by atoms with van der Waals surface area (Å²) in [5.74, 6) is 5.59. The van der Waals surface area contributed by atoms with Crippen molar-refractivity contribution in [3.05, 3.63) is 109 Å². The molecule has 0 N–H and O–H groups in total. The fourth-order valence-corrected chi connectivity index (χ4v) is 8.45. The molecule has 0 amide bonds. The van der Waals surface area contributed by atoms with Crippen LogP contribution in [0.3, 0.4) is 0 Å². The minimum atomic E-state index is 0.164. The Morgan fingerprint density at radius 2 is 0.953 bits per heavy atom. The molecule has 2 aromatic heterocycles. The number of benzene rings is 4. The summed E-state index contributed by atoms with van der Waals surface area (Å²) < 4.78 is 6.58. The fourth-order valence-electron chi connectivity index (χ4n) is 8.45. The van der Waals surface area contributed by atoms with E-state index in [0.717, 1.165) is 62.6 Å². The number of rotatable bonds is 5. The van der Waals surface area contributed by atoms with Gasteiger partial charge in [0, 0.05) is 22.1 Å². The summed E-state index contributed by atoms with van der Waals surface area (Å²) in [5, 5.41) is 0. The van der Waals surface area contributed by atoms with Crippen molar-refractivity contribution in [2.75, 3.05) is 0 Å². The van der Waals surface area contributed by atoms with E-state index in [1.807, 2.05) is 60.7 Å². The van der Waals surface area contributed by atoms with Gasteiger partial charge in [0.05, 0.1) is 0 Å². The van der Waals surface area contributed by atoms with Gasteiger partial charge >= 0.3 is 0 Å². The first kappa shape index (κ1) is 24.9. The van der Waals surface area contributed by atoms with Crippen molar-refractivity contribution in [2.45, 2.75) is 43.9 Å². The predicted octanol–water partition coefficient (Wildman–Crippen LogP) is 9.15. The van der Waals surface area contributed by atoms with E-state index in [9.17, 15) is 0 Å². The Labute approximate surface area is 251 Å². The monoisotopic (exact) mass is 560 g/mol. The van der Waals surface area contributed by atoms with E-state index in [0.29, 0.717) is 17.5 Å². The van der Waals surface area contributed by atoms with Crippen molar-refractivity contribution in [3.8, 4) is 45.3 Å². The third-order valence-electron chi connectivity index (χ3n) is 10.1. The van der Waals surface area contributed by atoms with Crippen LogP contribution in [0, 0.1) is 17.8 Å². The van der Waals surface area contributed by atoms with Crippen molar-refractivity contribution < 1.29 is 4.42 Å². The van der Waals surface area contributed by atoms with Crippen LogP contribution in [-0.4, -0.2) is 19.9 Å². The van der Waals surface area contributed by atoms with Crippen molar-refractivity contribution in [1.82, 2.24) is 19.9 Å². The highest BCUT2D eigenvalue weighted by Crippen LogP contribution is 2.60. The van der Waals surface area contributed by atoms with Crippen LogP contribution in [0.15, 0.2) is 108 Å². The van der Waals surface area contributed by atoms with Crippen LogP contribution in [0.25, 0.3) is 56.4 Å². The van der Waals surface area contributed by atoms with Gasteiger partial charge in [-0.1, -0.05) is 91.0 Å². The van der Waals surface area contributed by atoms with E-state index in [2.05, 4.69) is 42.5 Å². The van der Waals surface area contributed by atoms with Gasteiger partial charge in [0.25, 0.3) is 0 Å². The Morgan fingerprint density at radius 3 is 1.49 bits per heavy atom. The van der Waals surface area contributed by atoms with Crippen molar-refractivity contribution >= 4 is 11.1 Å². The Hall–Kier alpha value is -4.64. The molecule has 0 atom stereocenters. The van der Waals surface area contributed by atoms with Crippen LogP contribution in [-0.2, 0) is 5.41 Å². The lowest BCUT2D eigenvalue weighted by molar-refractivity contribution is -0.0170. The Balaban J connectivity index is 1.05. The molecular weight excluding hydrogens is 528 g/mol. The summed E-state index contributed by atoms with van der Waals surface area (Å²) >= 11 is 0. The zero-order valence-electron chi connectivity index (χ0n) is 24.0. The van der Waals surface area contributed by atoms with Gasteiger partial charge in [0.15, 0.2) is 23.1 Å². The molecule has 0 spiro atoms. The second-order valence-electron chi connectivity index (χ2n) is 13.0. The number of hydrogen-bond donors (Lipinski definition) is 0. The van der Waals surface area contributed by atoms with E-state index in [1.165, 1.54) is 38.5 Å². The summed E-state index contributed by atoms with van der Waals surface area (Å²) in [4.78, 5) is 19.6. The van der Waals surface area contributed by atoms with Gasteiger partial charge in [-0.15, -0.1) is 0 Å². The third-order valence-corrected chi connectivity index (χ3v) is 10.1. The van der Waals surface area contributed by atoms with E-state index < -0.39 is 0 Å². The molecule has 4 aliphatic rings. The van der Waals surface area contributed by atoms with Crippen LogP contribution >= 0.6 is 0 Å². The maximum atomic E-state index is 6.58. The highest BCUT2D eigenvalue weighted by atomic mass is 16.3. The largest absolute Gasteiger partial charge is 0.440 e. The number of oxazole rings is 1. The first-order chi connectivity index (χ1) is 21.2. The van der Waals surface area contributed by atoms with Gasteiger partial charge < -0.3 is 4.42 Å². The lowest BCUT2D eigenvalue weighted by atomic mass is 9.49. The second kappa shape index (κ2) is 9.70. The topological polar surface area (TPSA) is 64.7 Å². The van der Waals surface area contributed by atoms with Gasteiger partial charge in [-0.2, -0.15) is 0 Å². The number of hydrogen-bond acceptors (Lipinski definition) is 5. The Morgan fingerprint density at radius 1 is 0.488 bits per heavy atom. The Bertz CT molecular complexity index is 1850. The zero-order valence-corrected chi connectivity index (χ0v) is 24.0. The molecule has 2 heterocycles. The second-order valence-corrected chi connectivity index (χ2v) is 13.0. The molecule has 4 bridgehead atoms. The molecule has 4 fully saturated rings. The quantitative estimate of drug-likeness (QED) is 0.210. The van der Waals surface area contributed by atoms with Gasteiger partial charge in [-0.25, -0.2) is 19.9 Å². The minimum Gasteiger partial charge on any atom is -0.440 e. The summed E-state index contributed by atoms with van der Waals surface area (Å²) in [5.41, 5.74) is 7.16. The van der Waals surface area contributed by atoms with Crippen LogP contribution in [0.5, 0.6) is 0 Å². The first-order valence-electron chi connectivity index (χ1n) is 15.6. The van der Waals surface area contributed by atoms with Crippen LogP contribution in [0.4, 0.5) is 0 Å². The summed E-state index contributed by atoms with van der Waals surface area (Å²) in [6, 6.07) is 35.1. The molecule has 4 aliphatic carbocycles. The SMILES string of the molecule is c1ccc(-c2nc(-c3ccccc3)nc(-c3ccc(-c4ccc5nc(C67CC8CC(CC(C8)C6)C7)oc5c4)cc3)n2)cc1. The van der Waals surface area contributed by atoms with E-state index in [1.54, 1.807) is 0 Å². The number of aromatic nitrogens is 4. The number of fused-ring (bicyclic) bond motifs is 1. The highest BCUT2D eigenvalue weighted by Gasteiger charge is 2.54. The van der Waals surface area contributed by atoms with E-state index in [-0.39, 0.29) is 5.41 Å². The normalized spacial score (nSPS) is 24.0. The zero-order chi connectivity index (χ0) is 28.4. The van der Waals surface area contributed by atoms with E-state index >= 15 is 0 Å². The lowest BCUT2D eigenvalue weighted by Gasteiger charge is -2.55. The standard InChI is InChI=1S/C38H32N4O/c1-3-7-28(8-4-1)34-40-35(29-9-5-2-6-10-29)42-36(41-34)30-13-11-27(12-14-30)31-15-16-32-33(20-31)43-37(39-32)38-21-24-17-25(22-38)19-26(18-24)23-38/h1-16,20,24-26H,17-19,21-23H2. The minimum absolute atomic E-state index is 0.164. The highest BCUT2D eigenvalue weighted by molar-refractivity contribution is 5.81. The van der Waals surface area contributed by atoms with Crippen molar-refractivity contribution in [2.24, 2.45) is 17.8 Å². The third kappa shape index (κ3) is 4.37. The molecule has 10 rings (SSSR count). The van der Waals surface area contributed by atoms with Gasteiger partial charge in [-0.3, -0.25) is 0 Å². The van der Waals surface area contributed by atoms with Gasteiger partial charge in [0.2, 0.25) is 5.89 Å². The molecule has 0 radical (unpaired) electrons. The molecule has 4 saturated carbocycles. The summed E-state index contributed by atoms with van der Waals surface area (Å²) in [6.07, 6.45) is 8.04. The fraction of sp³-hybridized carbons (Fsp3) is 0.263. The molecule has 0 unspecified atom stereocenters. The van der Waals surface area contributed by atoms with Gasteiger partial charge in [-0.05, 0) is 79.5 Å². The smallest absolute Gasteiger partial charge is 0.201 e. The van der Waals surface area contributed by atoms with Crippen molar-refractivity contribution in [3.63, 3.8) is 0 Å². The molecule has 0 aliphatic heterocycles. The van der Waals surface area contributed by atoms with Crippen LogP contribution in [0.1, 0.15) is 44.4 Å². The lowest BCUT2D eigenvalue weighted by Crippen LogP contribution is -2.48. The molecule has 43 heavy (non-hydrogen) atoms.